The minimum atomic E-state index is -0.377. The first-order valence-electron chi connectivity index (χ1n) is 6.88. The van der Waals surface area contributed by atoms with E-state index in [1.165, 1.54) is 0 Å². The van der Waals surface area contributed by atoms with E-state index in [1.54, 1.807) is 36.4 Å². The van der Waals surface area contributed by atoms with Crippen LogP contribution in [0.15, 0.2) is 53.0 Å². The van der Waals surface area contributed by atoms with E-state index in [0.29, 0.717) is 11.3 Å². The number of anilines is 1. The van der Waals surface area contributed by atoms with Crippen LogP contribution in [0.4, 0.5) is 5.69 Å². The average Bonchev–Trinajstić information content (AvgIpc) is 2.54. The Morgan fingerprint density at radius 1 is 1.13 bits per heavy atom. The third-order valence-corrected chi connectivity index (χ3v) is 3.55. The van der Waals surface area contributed by atoms with Crippen LogP contribution < -0.4 is 10.6 Å². The molecule has 5 nitrogen and oxygen atoms in total. The second kappa shape index (κ2) is 8.11. The van der Waals surface area contributed by atoms with Gasteiger partial charge in [-0.1, -0.05) is 40.2 Å². The topological polar surface area (TPSA) is 82.0 Å². The van der Waals surface area contributed by atoms with Crippen LogP contribution in [-0.2, 0) is 11.3 Å². The summed E-state index contributed by atoms with van der Waals surface area (Å²) in [5.41, 5.74) is 1.90. The molecule has 2 N–H and O–H groups in total. The van der Waals surface area contributed by atoms with E-state index in [2.05, 4.69) is 26.6 Å². The van der Waals surface area contributed by atoms with Crippen LogP contribution in [0, 0.1) is 11.3 Å². The number of amides is 2. The van der Waals surface area contributed by atoms with Crippen LogP contribution in [0.3, 0.4) is 0 Å². The van der Waals surface area contributed by atoms with Crippen molar-refractivity contribution in [1.29, 1.82) is 5.26 Å². The van der Waals surface area contributed by atoms with Crippen LogP contribution in [0.2, 0.25) is 0 Å². The van der Waals surface area contributed by atoms with E-state index in [0.717, 1.165) is 10.0 Å². The molecule has 0 fully saturated rings. The second-order valence-electron chi connectivity index (χ2n) is 4.73. The zero-order chi connectivity index (χ0) is 16.7. The summed E-state index contributed by atoms with van der Waals surface area (Å²) < 4.78 is 0.828. The summed E-state index contributed by atoms with van der Waals surface area (Å²) >= 11 is 3.33. The van der Waals surface area contributed by atoms with Gasteiger partial charge >= 0.3 is 0 Å². The van der Waals surface area contributed by atoms with Crippen molar-refractivity contribution in [3.8, 4) is 6.07 Å². The zero-order valence-corrected chi connectivity index (χ0v) is 13.8. The Morgan fingerprint density at radius 3 is 2.65 bits per heavy atom. The van der Waals surface area contributed by atoms with Crippen molar-refractivity contribution in [3.63, 3.8) is 0 Å². The first-order valence-corrected chi connectivity index (χ1v) is 7.68. The molecular formula is C17H14BrN3O2. The molecule has 0 spiro atoms. The number of nitrogens with one attached hydrogen (secondary N) is 2. The van der Waals surface area contributed by atoms with Crippen molar-refractivity contribution in [2.24, 2.45) is 0 Å². The molecule has 2 aromatic rings. The highest BCUT2D eigenvalue weighted by Gasteiger charge is 2.09. The highest BCUT2D eigenvalue weighted by atomic mass is 79.9. The molecule has 0 unspecified atom stereocenters. The van der Waals surface area contributed by atoms with Crippen LogP contribution in [-0.4, -0.2) is 11.8 Å². The van der Waals surface area contributed by atoms with Gasteiger partial charge in [0.2, 0.25) is 5.91 Å². The minimum absolute atomic E-state index is 0.204. The minimum Gasteiger partial charge on any atom is -0.348 e. The lowest BCUT2D eigenvalue weighted by Gasteiger charge is -2.11. The van der Waals surface area contributed by atoms with Gasteiger partial charge in [0.25, 0.3) is 5.91 Å². The van der Waals surface area contributed by atoms with E-state index in [1.807, 2.05) is 18.2 Å². The lowest BCUT2D eigenvalue weighted by atomic mass is 10.1. The maximum absolute atomic E-state index is 12.1. The van der Waals surface area contributed by atoms with Gasteiger partial charge in [0.15, 0.2) is 0 Å². The largest absolute Gasteiger partial charge is 0.348 e. The van der Waals surface area contributed by atoms with E-state index < -0.39 is 0 Å². The number of hydrogen-bond donors (Lipinski definition) is 2. The molecule has 0 aliphatic carbocycles. The van der Waals surface area contributed by atoms with Crippen molar-refractivity contribution < 1.29 is 9.59 Å². The quantitative estimate of drug-likeness (QED) is 0.846. The molecule has 0 aliphatic rings. The molecule has 0 radical (unpaired) electrons. The Hall–Kier alpha value is -2.65. The highest BCUT2D eigenvalue weighted by Crippen LogP contribution is 2.16. The van der Waals surface area contributed by atoms with Gasteiger partial charge in [-0.2, -0.15) is 5.26 Å². The SMILES string of the molecule is N#CCC(=O)Nc1ccccc1CNC(=O)c1cccc(Br)c1. The van der Waals surface area contributed by atoms with Gasteiger partial charge in [-0.3, -0.25) is 9.59 Å². The molecule has 2 aromatic carbocycles. The second-order valence-corrected chi connectivity index (χ2v) is 5.65. The molecule has 0 heterocycles. The van der Waals surface area contributed by atoms with Crippen molar-refractivity contribution in [2.75, 3.05) is 5.32 Å². The number of rotatable bonds is 5. The highest BCUT2D eigenvalue weighted by molar-refractivity contribution is 9.10. The fraction of sp³-hybridized carbons (Fsp3) is 0.118. The molecule has 0 atom stereocenters. The summed E-state index contributed by atoms with van der Waals surface area (Å²) in [5, 5.41) is 14.0. The van der Waals surface area contributed by atoms with Crippen molar-refractivity contribution >= 4 is 33.4 Å². The molecular weight excluding hydrogens is 358 g/mol. The monoisotopic (exact) mass is 371 g/mol. The smallest absolute Gasteiger partial charge is 0.251 e. The lowest BCUT2D eigenvalue weighted by Crippen LogP contribution is -2.23. The summed E-state index contributed by atoms with van der Waals surface area (Å²) in [6.07, 6.45) is -0.210. The van der Waals surface area contributed by atoms with Crippen molar-refractivity contribution in [3.05, 3.63) is 64.1 Å². The maximum Gasteiger partial charge on any atom is 0.251 e. The van der Waals surface area contributed by atoms with Gasteiger partial charge in [0.1, 0.15) is 6.42 Å². The average molecular weight is 372 g/mol. The molecule has 6 heteroatoms. The zero-order valence-electron chi connectivity index (χ0n) is 12.2. The first kappa shape index (κ1) is 16.7. The molecule has 0 aromatic heterocycles. The predicted octanol–water partition coefficient (Wildman–Crippen LogP) is 3.23. The maximum atomic E-state index is 12.1. The number of halogens is 1. The van der Waals surface area contributed by atoms with Gasteiger partial charge < -0.3 is 10.6 Å². The van der Waals surface area contributed by atoms with Crippen LogP contribution in [0.5, 0.6) is 0 Å². The lowest BCUT2D eigenvalue weighted by molar-refractivity contribution is -0.115. The number of nitrogens with zero attached hydrogens (tertiary/aromatic N) is 1. The summed E-state index contributed by atoms with van der Waals surface area (Å²) in [5.74, 6) is -0.581. The Balaban J connectivity index is 2.04. The van der Waals surface area contributed by atoms with Crippen molar-refractivity contribution in [1.82, 2.24) is 5.32 Å². The van der Waals surface area contributed by atoms with Gasteiger partial charge in [0.05, 0.1) is 6.07 Å². The van der Waals surface area contributed by atoms with E-state index >= 15 is 0 Å². The van der Waals surface area contributed by atoms with Gasteiger partial charge in [-0.25, -0.2) is 0 Å². The third kappa shape index (κ3) is 4.94. The Kier molecular flexibility index (Phi) is 5.89. The molecule has 2 rings (SSSR count). The number of para-hydroxylation sites is 1. The molecule has 0 bridgehead atoms. The van der Waals surface area contributed by atoms with Gasteiger partial charge in [-0.05, 0) is 29.8 Å². The Bertz CT molecular complexity index is 768. The fourth-order valence-electron chi connectivity index (χ4n) is 1.97. The van der Waals surface area contributed by atoms with E-state index in [9.17, 15) is 9.59 Å². The number of nitriles is 1. The standard InChI is InChI=1S/C17H14BrN3O2/c18-14-6-3-5-12(10-14)17(23)20-11-13-4-1-2-7-15(13)21-16(22)8-9-19/h1-7,10H,8,11H2,(H,20,23)(H,21,22). The number of hydrogen-bond acceptors (Lipinski definition) is 3. The van der Waals surface area contributed by atoms with Crippen LogP contribution in [0.1, 0.15) is 22.3 Å². The number of carbonyl (C=O) groups excluding carboxylic acids is 2. The van der Waals surface area contributed by atoms with Crippen LogP contribution in [0.25, 0.3) is 0 Å². The third-order valence-electron chi connectivity index (χ3n) is 3.06. The molecule has 2 amide bonds. The van der Waals surface area contributed by atoms with Gasteiger partial charge in [0, 0.05) is 22.3 Å². The number of benzene rings is 2. The predicted molar refractivity (Wildman–Crippen MR) is 90.6 cm³/mol. The summed E-state index contributed by atoms with van der Waals surface area (Å²) in [4.78, 5) is 23.7. The summed E-state index contributed by atoms with van der Waals surface area (Å²) in [6.45, 7) is 0.272. The van der Waals surface area contributed by atoms with Crippen LogP contribution >= 0.6 is 15.9 Å². The van der Waals surface area contributed by atoms with E-state index in [4.69, 9.17) is 5.26 Å². The van der Waals surface area contributed by atoms with Crippen molar-refractivity contribution in [2.45, 2.75) is 13.0 Å². The van der Waals surface area contributed by atoms with E-state index in [-0.39, 0.29) is 24.8 Å². The Labute approximate surface area is 142 Å². The summed E-state index contributed by atoms with van der Waals surface area (Å²) in [7, 11) is 0. The fourth-order valence-corrected chi connectivity index (χ4v) is 2.37. The van der Waals surface area contributed by atoms with Gasteiger partial charge in [-0.15, -0.1) is 0 Å². The number of carbonyl (C=O) groups is 2. The first-order chi connectivity index (χ1) is 11.1. The molecule has 0 saturated carbocycles. The molecule has 116 valence electrons. The molecule has 0 aliphatic heterocycles. The Morgan fingerprint density at radius 2 is 1.91 bits per heavy atom. The molecule has 0 saturated heterocycles. The normalized spacial score (nSPS) is 9.74. The molecule has 23 heavy (non-hydrogen) atoms. The summed E-state index contributed by atoms with van der Waals surface area (Å²) in [6, 6.07) is 16.0.